The maximum atomic E-state index is 11.8. The van der Waals surface area contributed by atoms with Crippen LogP contribution in [0.2, 0.25) is 0 Å². The van der Waals surface area contributed by atoms with E-state index in [1.165, 1.54) is 0 Å². The fourth-order valence-electron chi connectivity index (χ4n) is 2.49. The van der Waals surface area contributed by atoms with E-state index in [1.807, 2.05) is 60.7 Å². The van der Waals surface area contributed by atoms with Crippen molar-refractivity contribution in [1.82, 2.24) is 5.43 Å². The van der Waals surface area contributed by atoms with Crippen LogP contribution in [0.3, 0.4) is 0 Å². The average Bonchev–Trinajstić information content (AvgIpc) is 2.67. The van der Waals surface area contributed by atoms with E-state index >= 15 is 0 Å². The first kappa shape index (κ1) is 17.4. The predicted octanol–water partition coefficient (Wildman–Crippen LogP) is 3.71. The van der Waals surface area contributed by atoms with Gasteiger partial charge in [-0.3, -0.25) is 9.59 Å². The summed E-state index contributed by atoms with van der Waals surface area (Å²) in [7, 11) is 0. The Kier molecular flexibility index (Phi) is 5.72. The molecule has 0 aliphatic carbocycles. The molecular weight excluding hydrogens is 326 g/mol. The quantitative estimate of drug-likeness (QED) is 0.528. The third-order valence-corrected chi connectivity index (χ3v) is 3.81. The van der Waals surface area contributed by atoms with Gasteiger partial charge < -0.3 is 5.32 Å². The van der Waals surface area contributed by atoms with Crippen molar-refractivity contribution in [3.63, 3.8) is 0 Å². The Hall–Kier alpha value is -3.47. The van der Waals surface area contributed by atoms with E-state index in [2.05, 4.69) is 15.8 Å². The second-order valence-electron chi connectivity index (χ2n) is 5.81. The Balaban J connectivity index is 1.45. The molecule has 130 valence electrons. The number of hydrogen-bond donors (Lipinski definition) is 2. The summed E-state index contributed by atoms with van der Waals surface area (Å²) in [6.45, 7) is 0. The summed E-state index contributed by atoms with van der Waals surface area (Å²) in [5, 5.41) is 8.96. The lowest BCUT2D eigenvalue weighted by molar-refractivity contribution is -0.124. The second-order valence-corrected chi connectivity index (χ2v) is 5.81. The Bertz CT molecular complexity index is 936. The van der Waals surface area contributed by atoms with Gasteiger partial charge in [0.1, 0.15) is 0 Å². The lowest BCUT2D eigenvalue weighted by atomic mass is 10.1. The van der Waals surface area contributed by atoms with Gasteiger partial charge in [0.05, 0.1) is 6.21 Å². The van der Waals surface area contributed by atoms with Crippen LogP contribution in [0, 0.1) is 0 Å². The molecule has 0 aromatic heterocycles. The number of benzene rings is 3. The number of nitrogens with one attached hydrogen (secondary N) is 2. The molecule has 0 radical (unpaired) electrons. The molecule has 5 nitrogen and oxygen atoms in total. The summed E-state index contributed by atoms with van der Waals surface area (Å²) in [4.78, 5) is 23.6. The third kappa shape index (κ3) is 5.01. The lowest BCUT2D eigenvalue weighted by Crippen LogP contribution is -2.20. The van der Waals surface area contributed by atoms with Crippen LogP contribution in [0.1, 0.15) is 18.4 Å². The zero-order chi connectivity index (χ0) is 18.2. The number of rotatable bonds is 6. The molecule has 0 atom stereocenters. The van der Waals surface area contributed by atoms with Gasteiger partial charge >= 0.3 is 0 Å². The van der Waals surface area contributed by atoms with Crippen molar-refractivity contribution in [2.45, 2.75) is 12.8 Å². The maximum absolute atomic E-state index is 11.8. The molecule has 5 heteroatoms. The van der Waals surface area contributed by atoms with E-state index in [4.69, 9.17) is 0 Å². The van der Waals surface area contributed by atoms with E-state index < -0.39 is 0 Å². The van der Waals surface area contributed by atoms with Crippen molar-refractivity contribution < 1.29 is 9.59 Å². The molecule has 0 unspecified atom stereocenters. The van der Waals surface area contributed by atoms with Crippen LogP contribution < -0.4 is 10.7 Å². The minimum Gasteiger partial charge on any atom is -0.326 e. The maximum Gasteiger partial charge on any atom is 0.240 e. The standard InChI is InChI=1S/C21H19N3O2/c25-20(23-19-8-2-1-3-9-19)12-13-21(26)24-22-15-16-10-11-17-6-4-5-7-18(17)14-16/h1-11,14-15H,12-13H2,(H,23,25)(H,24,26)/b22-15-. The molecule has 26 heavy (non-hydrogen) atoms. The first-order valence-electron chi connectivity index (χ1n) is 8.36. The molecule has 3 rings (SSSR count). The number of carbonyl (C=O) groups is 2. The Morgan fingerprint density at radius 1 is 0.808 bits per heavy atom. The van der Waals surface area contributed by atoms with Crippen molar-refractivity contribution >= 4 is 34.5 Å². The van der Waals surface area contributed by atoms with Crippen molar-refractivity contribution in [3.05, 3.63) is 78.4 Å². The number of hydrazone groups is 1. The molecule has 2 amide bonds. The van der Waals surface area contributed by atoms with Gasteiger partial charge in [0.2, 0.25) is 11.8 Å². The zero-order valence-corrected chi connectivity index (χ0v) is 14.2. The Morgan fingerprint density at radius 2 is 1.50 bits per heavy atom. The van der Waals surface area contributed by atoms with Crippen LogP contribution in [-0.2, 0) is 9.59 Å². The highest BCUT2D eigenvalue weighted by atomic mass is 16.2. The molecular formula is C21H19N3O2. The number of anilines is 1. The van der Waals surface area contributed by atoms with E-state index in [-0.39, 0.29) is 24.7 Å². The molecule has 3 aromatic rings. The van der Waals surface area contributed by atoms with Gasteiger partial charge in [0.25, 0.3) is 0 Å². The molecule has 0 spiro atoms. The SMILES string of the molecule is O=C(CCC(=O)Nc1ccccc1)N/N=C\c1ccc2ccccc2c1. The van der Waals surface area contributed by atoms with E-state index in [1.54, 1.807) is 18.3 Å². The van der Waals surface area contributed by atoms with Crippen molar-refractivity contribution in [2.24, 2.45) is 5.10 Å². The number of para-hydroxylation sites is 1. The molecule has 0 aliphatic rings. The van der Waals surface area contributed by atoms with Gasteiger partial charge in [-0.2, -0.15) is 5.10 Å². The molecule has 0 bridgehead atoms. The molecule has 0 heterocycles. The van der Waals surface area contributed by atoms with Crippen LogP contribution in [-0.4, -0.2) is 18.0 Å². The van der Waals surface area contributed by atoms with Gasteiger partial charge in [-0.1, -0.05) is 54.6 Å². The minimum atomic E-state index is -0.301. The van der Waals surface area contributed by atoms with E-state index in [0.717, 1.165) is 16.3 Å². The summed E-state index contributed by atoms with van der Waals surface area (Å²) in [6.07, 6.45) is 1.77. The summed E-state index contributed by atoms with van der Waals surface area (Å²) in [5.74, 6) is -0.505. The average molecular weight is 345 g/mol. The summed E-state index contributed by atoms with van der Waals surface area (Å²) < 4.78 is 0. The highest BCUT2D eigenvalue weighted by molar-refractivity contribution is 5.94. The third-order valence-electron chi connectivity index (χ3n) is 3.81. The molecule has 0 fully saturated rings. The molecule has 0 aliphatic heterocycles. The first-order chi connectivity index (χ1) is 12.7. The zero-order valence-electron chi connectivity index (χ0n) is 14.2. The monoisotopic (exact) mass is 345 g/mol. The van der Waals surface area contributed by atoms with Gasteiger partial charge in [0, 0.05) is 18.5 Å². The predicted molar refractivity (Wildman–Crippen MR) is 104 cm³/mol. The van der Waals surface area contributed by atoms with Gasteiger partial charge in [-0.15, -0.1) is 0 Å². The normalized spacial score (nSPS) is 10.8. The number of fused-ring (bicyclic) bond motifs is 1. The molecule has 3 aromatic carbocycles. The Labute approximate surface area is 151 Å². The first-order valence-corrected chi connectivity index (χ1v) is 8.36. The topological polar surface area (TPSA) is 70.6 Å². The van der Waals surface area contributed by atoms with E-state index in [0.29, 0.717) is 5.69 Å². The molecule has 0 saturated carbocycles. The summed E-state index contributed by atoms with van der Waals surface area (Å²) in [5.41, 5.74) is 4.06. The summed E-state index contributed by atoms with van der Waals surface area (Å²) in [6, 6.07) is 23.1. The number of hydrogen-bond acceptors (Lipinski definition) is 3. The summed E-state index contributed by atoms with van der Waals surface area (Å²) >= 11 is 0. The van der Waals surface area contributed by atoms with Gasteiger partial charge in [-0.25, -0.2) is 5.43 Å². The van der Waals surface area contributed by atoms with Crippen LogP contribution >= 0.6 is 0 Å². The smallest absolute Gasteiger partial charge is 0.240 e. The highest BCUT2D eigenvalue weighted by Gasteiger charge is 2.06. The second kappa shape index (κ2) is 8.58. The minimum absolute atomic E-state index is 0.0771. The number of amides is 2. The van der Waals surface area contributed by atoms with Crippen molar-refractivity contribution in [1.29, 1.82) is 0 Å². The largest absolute Gasteiger partial charge is 0.326 e. The van der Waals surface area contributed by atoms with Gasteiger partial charge in [0.15, 0.2) is 0 Å². The van der Waals surface area contributed by atoms with Crippen molar-refractivity contribution in [2.75, 3.05) is 5.32 Å². The Morgan fingerprint density at radius 3 is 2.31 bits per heavy atom. The fraction of sp³-hybridized carbons (Fsp3) is 0.0952. The highest BCUT2D eigenvalue weighted by Crippen LogP contribution is 2.14. The van der Waals surface area contributed by atoms with Crippen LogP contribution in [0.4, 0.5) is 5.69 Å². The van der Waals surface area contributed by atoms with E-state index in [9.17, 15) is 9.59 Å². The number of nitrogens with zero attached hydrogens (tertiary/aromatic N) is 1. The van der Waals surface area contributed by atoms with Crippen LogP contribution in [0.5, 0.6) is 0 Å². The number of carbonyl (C=O) groups excluding carboxylic acids is 2. The molecule has 0 saturated heterocycles. The van der Waals surface area contributed by atoms with Crippen LogP contribution in [0.15, 0.2) is 77.9 Å². The lowest BCUT2D eigenvalue weighted by Gasteiger charge is -2.04. The van der Waals surface area contributed by atoms with Crippen LogP contribution in [0.25, 0.3) is 10.8 Å². The van der Waals surface area contributed by atoms with Crippen molar-refractivity contribution in [3.8, 4) is 0 Å². The fourth-order valence-corrected chi connectivity index (χ4v) is 2.49. The molecule has 2 N–H and O–H groups in total. The van der Waals surface area contributed by atoms with Gasteiger partial charge in [-0.05, 0) is 34.5 Å².